The first kappa shape index (κ1) is 22.8. The standard InChI is InChI=1S/C39H27N/c1-3-14-27(15-4-1)38-31-20-7-9-22-33(31)39(34-23-10-8-21-32(34)38)28-16-13-25-37-35(26-28)30-19-11-12-24-36(30)40(37)29-17-5-2-6-18-29/h1-15,17-26H,16H2. The molecule has 1 aromatic heterocycles. The molecule has 1 nitrogen and oxygen atoms in total. The Labute approximate surface area is 234 Å². The summed E-state index contributed by atoms with van der Waals surface area (Å²) in [6.07, 6.45) is 7.98. The number of para-hydroxylation sites is 2. The zero-order valence-corrected chi connectivity index (χ0v) is 22.1. The number of benzene rings is 6. The van der Waals surface area contributed by atoms with Crippen molar-refractivity contribution in [3.05, 3.63) is 156 Å². The van der Waals surface area contributed by atoms with Crippen LogP contribution in [0.4, 0.5) is 0 Å². The van der Waals surface area contributed by atoms with E-state index < -0.39 is 0 Å². The van der Waals surface area contributed by atoms with Crippen LogP contribution in [0.15, 0.2) is 140 Å². The minimum absolute atomic E-state index is 0.871. The first-order chi connectivity index (χ1) is 19.9. The molecular weight excluding hydrogens is 482 g/mol. The average Bonchev–Trinajstić information content (AvgIpc) is 3.17. The molecule has 0 spiro atoms. The maximum atomic E-state index is 2.45. The minimum Gasteiger partial charge on any atom is -0.309 e. The number of hydrogen-bond acceptors (Lipinski definition) is 0. The molecule has 1 heterocycles. The van der Waals surface area contributed by atoms with Gasteiger partial charge < -0.3 is 4.57 Å². The van der Waals surface area contributed by atoms with Gasteiger partial charge in [-0.3, -0.25) is 0 Å². The van der Waals surface area contributed by atoms with Gasteiger partial charge in [-0.15, -0.1) is 0 Å². The second-order valence-electron chi connectivity index (χ2n) is 10.5. The second kappa shape index (κ2) is 9.25. The molecule has 1 aliphatic carbocycles. The van der Waals surface area contributed by atoms with Gasteiger partial charge in [0.2, 0.25) is 0 Å². The topological polar surface area (TPSA) is 4.93 Å². The highest BCUT2D eigenvalue weighted by Gasteiger charge is 2.21. The molecule has 0 radical (unpaired) electrons. The first-order valence-corrected chi connectivity index (χ1v) is 13.9. The summed E-state index contributed by atoms with van der Waals surface area (Å²) >= 11 is 0. The first-order valence-electron chi connectivity index (χ1n) is 13.9. The molecule has 1 heteroatoms. The van der Waals surface area contributed by atoms with E-state index in [1.165, 1.54) is 71.7 Å². The maximum absolute atomic E-state index is 2.45. The Morgan fingerprint density at radius 1 is 0.475 bits per heavy atom. The molecule has 1 aliphatic rings. The predicted octanol–water partition coefficient (Wildman–Crippen LogP) is 10.6. The van der Waals surface area contributed by atoms with Gasteiger partial charge in [0.15, 0.2) is 0 Å². The molecule has 0 bridgehead atoms. The lowest BCUT2D eigenvalue weighted by Crippen LogP contribution is -1.96. The lowest BCUT2D eigenvalue weighted by molar-refractivity contribution is 1.10. The molecule has 8 rings (SSSR count). The van der Waals surface area contributed by atoms with Gasteiger partial charge in [0, 0.05) is 16.6 Å². The van der Waals surface area contributed by atoms with E-state index in [0.29, 0.717) is 0 Å². The van der Waals surface area contributed by atoms with Crippen LogP contribution in [0.25, 0.3) is 67.0 Å². The van der Waals surface area contributed by atoms with E-state index in [2.05, 4.69) is 156 Å². The van der Waals surface area contributed by atoms with E-state index in [0.717, 1.165) is 6.42 Å². The molecule has 7 aromatic rings. The molecule has 0 amide bonds. The molecule has 0 saturated heterocycles. The van der Waals surface area contributed by atoms with Crippen molar-refractivity contribution in [3.63, 3.8) is 0 Å². The summed E-state index contributed by atoms with van der Waals surface area (Å²) in [5.41, 5.74) is 10.2. The number of fused-ring (bicyclic) bond motifs is 5. The van der Waals surface area contributed by atoms with Crippen LogP contribution < -0.4 is 0 Å². The Hall–Kier alpha value is -5.14. The van der Waals surface area contributed by atoms with Crippen LogP contribution in [0.5, 0.6) is 0 Å². The van der Waals surface area contributed by atoms with Crippen molar-refractivity contribution < 1.29 is 0 Å². The fourth-order valence-electron chi connectivity index (χ4n) is 6.55. The Morgan fingerprint density at radius 3 is 1.65 bits per heavy atom. The van der Waals surface area contributed by atoms with E-state index in [-0.39, 0.29) is 0 Å². The molecule has 188 valence electrons. The lowest BCUT2D eigenvalue weighted by Gasteiger charge is -2.18. The smallest absolute Gasteiger partial charge is 0.0541 e. The highest BCUT2D eigenvalue weighted by atomic mass is 15.0. The zero-order chi connectivity index (χ0) is 26.5. The van der Waals surface area contributed by atoms with E-state index in [4.69, 9.17) is 0 Å². The molecule has 40 heavy (non-hydrogen) atoms. The summed E-state index contributed by atoms with van der Waals surface area (Å²) in [5.74, 6) is 0. The van der Waals surface area contributed by atoms with Gasteiger partial charge in [0.1, 0.15) is 0 Å². The summed E-state index contributed by atoms with van der Waals surface area (Å²) < 4.78 is 2.40. The molecular formula is C39H27N. The molecule has 0 N–H and O–H groups in total. The lowest BCUT2D eigenvalue weighted by atomic mass is 9.85. The summed E-state index contributed by atoms with van der Waals surface area (Å²) in [6.45, 7) is 0. The fraction of sp³-hybridized carbons (Fsp3) is 0.0256. The molecule has 0 atom stereocenters. The average molecular weight is 510 g/mol. The maximum Gasteiger partial charge on any atom is 0.0541 e. The molecule has 0 fully saturated rings. The van der Waals surface area contributed by atoms with Crippen molar-refractivity contribution in [2.75, 3.05) is 0 Å². The van der Waals surface area contributed by atoms with Crippen LogP contribution in [-0.2, 0) is 0 Å². The molecule has 0 unspecified atom stereocenters. The van der Waals surface area contributed by atoms with Gasteiger partial charge in [-0.2, -0.15) is 0 Å². The SMILES string of the molecule is C1=Cc2c(c3ccccc3n2-c2ccccc2)C=C(c2c3ccccc3c(-c3ccccc3)c3ccccc23)C1. The third kappa shape index (κ3) is 3.48. The van der Waals surface area contributed by atoms with E-state index in [1.807, 2.05) is 0 Å². The highest BCUT2D eigenvalue weighted by molar-refractivity contribution is 6.20. The van der Waals surface area contributed by atoms with Crippen molar-refractivity contribution in [2.45, 2.75) is 6.42 Å². The molecule has 0 aliphatic heterocycles. The van der Waals surface area contributed by atoms with Crippen LogP contribution in [0, 0.1) is 0 Å². The van der Waals surface area contributed by atoms with Crippen molar-refractivity contribution in [3.8, 4) is 16.8 Å². The normalized spacial score (nSPS) is 12.9. The Balaban J connectivity index is 1.46. The largest absolute Gasteiger partial charge is 0.309 e. The monoisotopic (exact) mass is 509 g/mol. The van der Waals surface area contributed by atoms with Crippen LogP contribution in [-0.4, -0.2) is 4.57 Å². The number of nitrogens with zero attached hydrogens (tertiary/aromatic N) is 1. The Kier molecular flexibility index (Phi) is 5.28. The molecule has 6 aromatic carbocycles. The van der Waals surface area contributed by atoms with Crippen molar-refractivity contribution in [1.29, 1.82) is 0 Å². The number of aromatic nitrogens is 1. The van der Waals surface area contributed by atoms with Crippen molar-refractivity contribution >= 4 is 50.2 Å². The van der Waals surface area contributed by atoms with Crippen LogP contribution >= 0.6 is 0 Å². The van der Waals surface area contributed by atoms with E-state index in [1.54, 1.807) is 0 Å². The van der Waals surface area contributed by atoms with Gasteiger partial charge in [-0.1, -0.05) is 121 Å². The number of hydrogen-bond donors (Lipinski definition) is 0. The quantitative estimate of drug-likeness (QED) is 0.209. The number of allylic oxidation sites excluding steroid dienone is 2. The van der Waals surface area contributed by atoms with Gasteiger partial charge >= 0.3 is 0 Å². The highest BCUT2D eigenvalue weighted by Crippen LogP contribution is 2.44. The van der Waals surface area contributed by atoms with Gasteiger partial charge in [0.05, 0.1) is 11.2 Å². The van der Waals surface area contributed by atoms with E-state index >= 15 is 0 Å². The number of rotatable bonds is 3. The second-order valence-corrected chi connectivity index (χ2v) is 10.5. The fourth-order valence-corrected chi connectivity index (χ4v) is 6.55. The molecule has 0 saturated carbocycles. The third-order valence-electron chi connectivity index (χ3n) is 8.21. The van der Waals surface area contributed by atoms with Gasteiger partial charge in [-0.05, 0) is 80.6 Å². The van der Waals surface area contributed by atoms with Crippen LogP contribution in [0.1, 0.15) is 23.2 Å². The summed E-state index contributed by atoms with van der Waals surface area (Å²) in [7, 11) is 0. The Bertz CT molecular complexity index is 2050. The zero-order valence-electron chi connectivity index (χ0n) is 22.1. The summed E-state index contributed by atoms with van der Waals surface area (Å²) in [6, 6.07) is 48.2. The van der Waals surface area contributed by atoms with E-state index in [9.17, 15) is 0 Å². The van der Waals surface area contributed by atoms with Gasteiger partial charge in [0.25, 0.3) is 0 Å². The third-order valence-corrected chi connectivity index (χ3v) is 8.21. The predicted molar refractivity (Wildman–Crippen MR) is 172 cm³/mol. The Morgan fingerprint density at radius 2 is 1.00 bits per heavy atom. The summed E-state index contributed by atoms with van der Waals surface area (Å²) in [4.78, 5) is 0. The van der Waals surface area contributed by atoms with Crippen LogP contribution in [0.3, 0.4) is 0 Å². The van der Waals surface area contributed by atoms with Gasteiger partial charge in [-0.25, -0.2) is 0 Å². The van der Waals surface area contributed by atoms with Crippen LogP contribution in [0.2, 0.25) is 0 Å². The van der Waals surface area contributed by atoms with Crippen molar-refractivity contribution in [2.24, 2.45) is 0 Å². The minimum atomic E-state index is 0.871. The van der Waals surface area contributed by atoms with Crippen molar-refractivity contribution in [1.82, 2.24) is 4.57 Å². The summed E-state index contributed by atoms with van der Waals surface area (Å²) in [5, 5.41) is 6.47.